The molecule has 0 amide bonds. The van der Waals surface area contributed by atoms with Gasteiger partial charge in [-0.15, -0.1) is 0 Å². The number of esters is 1. The third-order valence-electron chi connectivity index (χ3n) is 4.71. The minimum atomic E-state index is -0.725. The predicted molar refractivity (Wildman–Crippen MR) is 111 cm³/mol. The molecular weight excluding hydrogens is 402 g/mol. The normalized spacial score (nSPS) is 10.9. The van der Waals surface area contributed by atoms with Crippen LogP contribution < -0.4 is 16.0 Å². The fourth-order valence-corrected chi connectivity index (χ4v) is 3.13. The summed E-state index contributed by atoms with van der Waals surface area (Å²) in [7, 11) is 3.13. The third kappa shape index (κ3) is 3.95. The number of hydrogen-bond donors (Lipinski definition) is 0. The van der Waals surface area contributed by atoms with Crippen LogP contribution in [-0.4, -0.2) is 29.6 Å². The molecule has 1 aromatic carbocycles. The molecule has 0 aliphatic rings. The van der Waals surface area contributed by atoms with E-state index >= 15 is 0 Å². The molecule has 10 heteroatoms. The lowest BCUT2D eigenvalue weighted by atomic mass is 10.2. The first-order valence-corrected chi connectivity index (χ1v) is 9.38. The fourth-order valence-electron chi connectivity index (χ4n) is 3.13. The Morgan fingerprint density at radius 2 is 1.90 bits per heavy atom. The van der Waals surface area contributed by atoms with Gasteiger partial charge in [-0.25, -0.2) is 14.3 Å². The molecule has 0 saturated heterocycles. The van der Waals surface area contributed by atoms with Crippen molar-refractivity contribution < 1.29 is 14.3 Å². The molecule has 158 valence electrons. The van der Waals surface area contributed by atoms with E-state index in [0.29, 0.717) is 17.1 Å². The van der Waals surface area contributed by atoms with Crippen LogP contribution in [0.1, 0.15) is 5.56 Å². The van der Waals surface area contributed by atoms with Gasteiger partial charge in [0.25, 0.3) is 5.56 Å². The number of carbonyl (C=O) groups is 1. The molecule has 4 rings (SSSR count). The molecule has 0 aliphatic carbocycles. The maximum absolute atomic E-state index is 12.7. The second kappa shape index (κ2) is 8.27. The molecular formula is C21H19N5O5. The molecule has 3 heterocycles. The first-order valence-electron chi connectivity index (χ1n) is 9.38. The number of fused-ring (bicyclic) bond motifs is 1. The van der Waals surface area contributed by atoms with Gasteiger partial charge >= 0.3 is 11.7 Å². The molecule has 10 nitrogen and oxygen atoms in total. The van der Waals surface area contributed by atoms with Crippen LogP contribution in [-0.2, 0) is 36.8 Å². The number of hydrogen-bond acceptors (Lipinski definition) is 7. The van der Waals surface area contributed by atoms with E-state index in [1.54, 1.807) is 55.8 Å². The van der Waals surface area contributed by atoms with Crippen LogP contribution in [0.25, 0.3) is 11.2 Å². The Labute approximate surface area is 175 Å². The van der Waals surface area contributed by atoms with Crippen molar-refractivity contribution in [1.29, 1.82) is 0 Å². The maximum Gasteiger partial charge on any atom is 0.333 e. The molecule has 0 spiro atoms. The molecule has 3 aromatic heterocycles. The molecule has 0 saturated carbocycles. The predicted octanol–water partition coefficient (Wildman–Crippen LogP) is 1.36. The Kier molecular flexibility index (Phi) is 5.35. The Balaban J connectivity index is 1.52. The second-order valence-electron chi connectivity index (χ2n) is 6.82. The minimum Gasteiger partial charge on any atom is -0.459 e. The lowest BCUT2D eigenvalue weighted by Crippen LogP contribution is -2.41. The number of ether oxygens (including phenoxy) is 2. The Bertz CT molecular complexity index is 1370. The number of benzene rings is 1. The van der Waals surface area contributed by atoms with Crippen molar-refractivity contribution in [2.45, 2.75) is 13.2 Å². The highest BCUT2D eigenvalue weighted by Gasteiger charge is 2.18. The molecule has 31 heavy (non-hydrogen) atoms. The van der Waals surface area contributed by atoms with Crippen LogP contribution in [0, 0.1) is 0 Å². The lowest BCUT2D eigenvalue weighted by molar-refractivity contribution is -0.145. The summed E-state index contributed by atoms with van der Waals surface area (Å²) >= 11 is 0. The summed E-state index contributed by atoms with van der Waals surface area (Å²) < 4.78 is 14.7. The van der Waals surface area contributed by atoms with E-state index < -0.39 is 23.8 Å². The van der Waals surface area contributed by atoms with E-state index in [2.05, 4.69) is 9.97 Å². The standard InChI is InChI=1S/C21H19N5O5/c1-24-13-23-19-18(24)20(28)26(21(29)25(19)2)11-17(27)30-12-14-6-3-4-8-16(14)31-15-7-5-9-22-10-15/h3-10,13H,11-12H2,1-2H3. The quantitative estimate of drug-likeness (QED) is 0.432. The lowest BCUT2D eigenvalue weighted by Gasteiger charge is -2.12. The van der Waals surface area contributed by atoms with E-state index in [0.717, 1.165) is 4.57 Å². The van der Waals surface area contributed by atoms with Crippen LogP contribution in [0.5, 0.6) is 11.5 Å². The van der Waals surface area contributed by atoms with Crippen molar-refractivity contribution >= 4 is 17.1 Å². The summed E-state index contributed by atoms with van der Waals surface area (Å²) in [5, 5.41) is 0. The van der Waals surface area contributed by atoms with Crippen molar-refractivity contribution in [1.82, 2.24) is 23.7 Å². The van der Waals surface area contributed by atoms with Gasteiger partial charge in [0.15, 0.2) is 11.2 Å². The summed E-state index contributed by atoms with van der Waals surface area (Å²) in [6.07, 6.45) is 4.64. The van der Waals surface area contributed by atoms with Gasteiger partial charge in [-0.2, -0.15) is 0 Å². The van der Waals surface area contributed by atoms with Gasteiger partial charge in [-0.1, -0.05) is 18.2 Å². The van der Waals surface area contributed by atoms with Crippen LogP contribution in [0.15, 0.2) is 64.7 Å². The summed E-state index contributed by atoms with van der Waals surface area (Å²) in [6.45, 7) is -0.601. The topological polar surface area (TPSA) is 110 Å². The highest BCUT2D eigenvalue weighted by atomic mass is 16.5. The zero-order valence-corrected chi connectivity index (χ0v) is 16.9. The van der Waals surface area contributed by atoms with Crippen LogP contribution in [0.4, 0.5) is 0 Å². The summed E-state index contributed by atoms with van der Waals surface area (Å²) in [5.41, 5.74) is -0.139. The first kappa shape index (κ1) is 20.1. The smallest absolute Gasteiger partial charge is 0.333 e. The Morgan fingerprint density at radius 3 is 2.68 bits per heavy atom. The summed E-state index contributed by atoms with van der Waals surface area (Å²) in [6, 6.07) is 10.6. The van der Waals surface area contributed by atoms with E-state index in [9.17, 15) is 14.4 Å². The van der Waals surface area contributed by atoms with Gasteiger partial charge in [0, 0.05) is 25.9 Å². The SMILES string of the molecule is Cn1cnc2c1c(=O)n(CC(=O)OCc1ccccc1Oc1cccnc1)c(=O)n2C. The van der Waals surface area contributed by atoms with Gasteiger partial charge in [0.2, 0.25) is 0 Å². The van der Waals surface area contributed by atoms with E-state index in [4.69, 9.17) is 9.47 Å². The second-order valence-corrected chi connectivity index (χ2v) is 6.82. The van der Waals surface area contributed by atoms with Crippen molar-refractivity contribution in [2.24, 2.45) is 14.1 Å². The molecule has 0 N–H and O–H groups in total. The van der Waals surface area contributed by atoms with Gasteiger partial charge in [0.1, 0.15) is 24.7 Å². The minimum absolute atomic E-state index is 0.0850. The third-order valence-corrected chi connectivity index (χ3v) is 4.71. The van der Waals surface area contributed by atoms with Gasteiger partial charge in [-0.3, -0.25) is 19.1 Å². The molecule has 0 aliphatic heterocycles. The monoisotopic (exact) mass is 421 g/mol. The zero-order valence-electron chi connectivity index (χ0n) is 16.9. The number of aryl methyl sites for hydroxylation is 2. The highest BCUT2D eigenvalue weighted by Crippen LogP contribution is 2.25. The number of nitrogens with zero attached hydrogens (tertiary/aromatic N) is 5. The number of aromatic nitrogens is 5. The number of imidazole rings is 1. The number of carbonyl (C=O) groups excluding carboxylic acids is 1. The van der Waals surface area contributed by atoms with Gasteiger partial charge in [-0.05, 0) is 18.2 Å². The molecule has 0 unspecified atom stereocenters. The maximum atomic E-state index is 12.7. The van der Waals surface area contributed by atoms with E-state index in [-0.39, 0.29) is 17.8 Å². The summed E-state index contributed by atoms with van der Waals surface area (Å²) in [4.78, 5) is 45.7. The molecule has 0 bridgehead atoms. The molecule has 4 aromatic rings. The average Bonchev–Trinajstić information content (AvgIpc) is 3.17. The van der Waals surface area contributed by atoms with Crippen molar-refractivity contribution in [2.75, 3.05) is 0 Å². The van der Waals surface area contributed by atoms with Gasteiger partial charge in [0.05, 0.1) is 12.5 Å². The van der Waals surface area contributed by atoms with Crippen molar-refractivity contribution in [3.05, 3.63) is 81.5 Å². The van der Waals surface area contributed by atoms with Crippen molar-refractivity contribution in [3.63, 3.8) is 0 Å². The number of rotatable bonds is 6. The van der Waals surface area contributed by atoms with E-state index in [1.807, 2.05) is 0 Å². The fraction of sp³-hybridized carbons (Fsp3) is 0.190. The van der Waals surface area contributed by atoms with Crippen LogP contribution in [0.3, 0.4) is 0 Å². The van der Waals surface area contributed by atoms with Crippen LogP contribution >= 0.6 is 0 Å². The van der Waals surface area contributed by atoms with E-state index in [1.165, 1.54) is 22.5 Å². The molecule has 0 atom stereocenters. The number of para-hydroxylation sites is 1. The molecule has 0 fully saturated rings. The van der Waals surface area contributed by atoms with Crippen molar-refractivity contribution in [3.8, 4) is 11.5 Å². The Hall–Kier alpha value is -4.21. The van der Waals surface area contributed by atoms with Crippen LogP contribution in [0.2, 0.25) is 0 Å². The number of pyridine rings is 1. The van der Waals surface area contributed by atoms with Gasteiger partial charge < -0.3 is 14.0 Å². The average molecular weight is 421 g/mol. The Morgan fingerprint density at radius 1 is 1.10 bits per heavy atom. The summed E-state index contributed by atoms with van der Waals surface area (Å²) in [5.74, 6) is 0.324. The zero-order chi connectivity index (χ0) is 22.0. The highest BCUT2D eigenvalue weighted by molar-refractivity contribution is 5.72. The molecule has 0 radical (unpaired) electrons. The largest absolute Gasteiger partial charge is 0.459 e. The first-order chi connectivity index (χ1) is 15.0.